The summed E-state index contributed by atoms with van der Waals surface area (Å²) in [5.41, 5.74) is -0.318. The zero-order valence-electron chi connectivity index (χ0n) is 13.4. The van der Waals surface area contributed by atoms with Gasteiger partial charge in [-0.05, 0) is 43.4 Å². The molecule has 1 saturated carbocycles. The minimum Gasteiger partial charge on any atom is -0.497 e. The van der Waals surface area contributed by atoms with E-state index in [1.165, 1.54) is 0 Å². The third-order valence-corrected chi connectivity index (χ3v) is 4.87. The number of ether oxygens (including phenoxy) is 3. The number of carbonyl (C=O) groups excluding carboxylic acids is 1. The van der Waals surface area contributed by atoms with E-state index in [0.717, 1.165) is 49.8 Å². The highest BCUT2D eigenvalue weighted by molar-refractivity contribution is 5.87. The molecular formula is C18H24O4. The quantitative estimate of drug-likeness (QED) is 0.439. The van der Waals surface area contributed by atoms with Crippen molar-refractivity contribution in [3.8, 4) is 5.75 Å². The van der Waals surface area contributed by atoms with Gasteiger partial charge in [0.1, 0.15) is 11.4 Å². The van der Waals surface area contributed by atoms with Crippen LogP contribution >= 0.6 is 0 Å². The van der Waals surface area contributed by atoms with Crippen LogP contribution in [0.2, 0.25) is 0 Å². The molecule has 0 bridgehead atoms. The Morgan fingerprint density at radius 2 is 1.95 bits per heavy atom. The average molecular weight is 304 g/mol. The molecule has 0 radical (unpaired) electrons. The predicted molar refractivity (Wildman–Crippen MR) is 82.8 cm³/mol. The highest BCUT2D eigenvalue weighted by Crippen LogP contribution is 2.66. The van der Waals surface area contributed by atoms with Gasteiger partial charge < -0.3 is 14.2 Å². The Hall–Kier alpha value is -1.55. The number of hydrogen-bond acceptors (Lipinski definition) is 4. The molecule has 2 fully saturated rings. The predicted octanol–water partition coefficient (Wildman–Crippen LogP) is 3.58. The van der Waals surface area contributed by atoms with Crippen LogP contribution in [0.3, 0.4) is 0 Å². The summed E-state index contributed by atoms with van der Waals surface area (Å²) >= 11 is 0. The SMILES string of the molecule is CCCCCOC(=O)C1(c2ccc(OC)cc2)OC12CCC2. The van der Waals surface area contributed by atoms with E-state index < -0.39 is 5.60 Å². The monoisotopic (exact) mass is 304 g/mol. The van der Waals surface area contributed by atoms with E-state index in [1.807, 2.05) is 24.3 Å². The van der Waals surface area contributed by atoms with Crippen LogP contribution in [0.1, 0.15) is 51.0 Å². The molecule has 1 heterocycles. The molecule has 1 saturated heterocycles. The molecule has 120 valence electrons. The molecule has 1 aliphatic heterocycles. The van der Waals surface area contributed by atoms with Crippen LogP contribution in [-0.4, -0.2) is 25.3 Å². The molecule has 0 N–H and O–H groups in total. The summed E-state index contributed by atoms with van der Waals surface area (Å²) in [5.74, 6) is 0.548. The lowest BCUT2D eigenvalue weighted by Crippen LogP contribution is -2.38. The smallest absolute Gasteiger partial charge is 0.346 e. The number of unbranched alkanes of at least 4 members (excludes halogenated alkanes) is 2. The van der Waals surface area contributed by atoms with Crippen molar-refractivity contribution in [2.24, 2.45) is 0 Å². The van der Waals surface area contributed by atoms with Gasteiger partial charge in [-0.1, -0.05) is 31.9 Å². The van der Waals surface area contributed by atoms with E-state index in [2.05, 4.69) is 6.92 Å². The first-order valence-electron chi connectivity index (χ1n) is 8.20. The van der Waals surface area contributed by atoms with Gasteiger partial charge in [0.15, 0.2) is 0 Å². The number of carbonyl (C=O) groups is 1. The van der Waals surface area contributed by atoms with Crippen molar-refractivity contribution in [2.45, 2.75) is 56.7 Å². The van der Waals surface area contributed by atoms with Gasteiger partial charge >= 0.3 is 5.97 Å². The second-order valence-corrected chi connectivity index (χ2v) is 6.20. The fraction of sp³-hybridized carbons (Fsp3) is 0.611. The van der Waals surface area contributed by atoms with E-state index in [1.54, 1.807) is 7.11 Å². The number of epoxide rings is 1. The van der Waals surface area contributed by atoms with Gasteiger partial charge in [0.05, 0.1) is 13.7 Å². The van der Waals surface area contributed by atoms with Gasteiger partial charge in [0.25, 0.3) is 0 Å². The van der Waals surface area contributed by atoms with Gasteiger partial charge in [-0.2, -0.15) is 0 Å². The minimum atomic E-state index is -0.885. The average Bonchev–Trinajstić information content (AvgIpc) is 3.24. The summed E-state index contributed by atoms with van der Waals surface area (Å²) in [7, 11) is 1.63. The highest BCUT2D eigenvalue weighted by Gasteiger charge is 2.78. The molecule has 22 heavy (non-hydrogen) atoms. The highest BCUT2D eigenvalue weighted by atomic mass is 16.7. The van der Waals surface area contributed by atoms with Crippen molar-refractivity contribution >= 4 is 5.97 Å². The maximum Gasteiger partial charge on any atom is 0.346 e. The van der Waals surface area contributed by atoms with Crippen LogP contribution in [-0.2, 0) is 19.9 Å². The van der Waals surface area contributed by atoms with Crippen LogP contribution in [0.5, 0.6) is 5.75 Å². The third-order valence-electron chi connectivity index (χ3n) is 4.87. The fourth-order valence-corrected chi connectivity index (χ4v) is 3.33. The Morgan fingerprint density at radius 1 is 1.23 bits per heavy atom. The topological polar surface area (TPSA) is 48.1 Å². The molecule has 1 atom stereocenters. The molecule has 0 amide bonds. The van der Waals surface area contributed by atoms with Crippen LogP contribution in [0.25, 0.3) is 0 Å². The van der Waals surface area contributed by atoms with E-state index in [-0.39, 0.29) is 11.6 Å². The maximum atomic E-state index is 12.7. The van der Waals surface area contributed by atoms with E-state index in [4.69, 9.17) is 14.2 Å². The number of esters is 1. The van der Waals surface area contributed by atoms with Crippen molar-refractivity contribution in [3.63, 3.8) is 0 Å². The molecule has 4 nitrogen and oxygen atoms in total. The minimum absolute atomic E-state index is 0.228. The molecule has 1 aromatic carbocycles. The number of hydrogen-bond donors (Lipinski definition) is 0. The standard InChI is InChI=1S/C18H24O4/c1-3-4-5-13-21-16(19)18(17(22-18)11-6-12-17)14-7-9-15(20-2)10-8-14/h7-10H,3-6,11-13H2,1-2H3. The number of rotatable bonds is 7. The molecule has 1 aliphatic carbocycles. The summed E-state index contributed by atoms with van der Waals surface area (Å²) in [6, 6.07) is 7.57. The van der Waals surface area contributed by atoms with Crippen molar-refractivity contribution < 1.29 is 19.0 Å². The summed E-state index contributed by atoms with van der Waals surface area (Å²) in [6.07, 6.45) is 6.08. The van der Waals surface area contributed by atoms with Gasteiger partial charge in [-0.25, -0.2) is 4.79 Å². The first kappa shape index (κ1) is 15.3. The Kier molecular flexibility index (Phi) is 4.13. The molecule has 1 unspecified atom stereocenters. The maximum absolute atomic E-state index is 12.7. The van der Waals surface area contributed by atoms with Crippen LogP contribution in [0.4, 0.5) is 0 Å². The second kappa shape index (κ2) is 5.92. The van der Waals surface area contributed by atoms with Crippen molar-refractivity contribution in [2.75, 3.05) is 13.7 Å². The Labute approximate surface area is 131 Å². The molecule has 0 aromatic heterocycles. The summed E-state index contributed by atoms with van der Waals surface area (Å²) in [5, 5.41) is 0. The fourth-order valence-electron chi connectivity index (χ4n) is 3.33. The van der Waals surface area contributed by atoms with Crippen LogP contribution in [0.15, 0.2) is 24.3 Å². The largest absolute Gasteiger partial charge is 0.497 e. The van der Waals surface area contributed by atoms with Gasteiger partial charge in [-0.15, -0.1) is 0 Å². The van der Waals surface area contributed by atoms with E-state index in [9.17, 15) is 4.79 Å². The normalized spacial score (nSPS) is 24.6. The second-order valence-electron chi connectivity index (χ2n) is 6.20. The lowest BCUT2D eigenvalue weighted by Gasteiger charge is -2.26. The van der Waals surface area contributed by atoms with E-state index >= 15 is 0 Å². The van der Waals surface area contributed by atoms with Crippen molar-refractivity contribution in [1.82, 2.24) is 0 Å². The van der Waals surface area contributed by atoms with Gasteiger partial charge in [0, 0.05) is 0 Å². The molecule has 3 rings (SSSR count). The number of methoxy groups -OCH3 is 1. The van der Waals surface area contributed by atoms with Gasteiger partial charge in [0.2, 0.25) is 5.60 Å². The lowest BCUT2D eigenvalue weighted by molar-refractivity contribution is -0.150. The summed E-state index contributed by atoms with van der Waals surface area (Å²) in [6.45, 7) is 2.61. The summed E-state index contributed by atoms with van der Waals surface area (Å²) < 4.78 is 16.7. The zero-order valence-corrected chi connectivity index (χ0v) is 13.4. The van der Waals surface area contributed by atoms with Gasteiger partial charge in [-0.3, -0.25) is 0 Å². The van der Waals surface area contributed by atoms with Crippen LogP contribution in [0, 0.1) is 0 Å². The lowest BCUT2D eigenvalue weighted by atomic mass is 9.73. The molecule has 4 heteroatoms. The molecule has 2 aliphatic rings. The zero-order chi connectivity index (χ0) is 15.6. The Bertz CT molecular complexity index is 533. The van der Waals surface area contributed by atoms with E-state index in [0.29, 0.717) is 6.61 Å². The van der Waals surface area contributed by atoms with Crippen LogP contribution < -0.4 is 4.74 Å². The van der Waals surface area contributed by atoms with Crippen molar-refractivity contribution in [1.29, 1.82) is 0 Å². The molecule has 1 aromatic rings. The summed E-state index contributed by atoms with van der Waals surface area (Å²) in [4.78, 5) is 12.7. The van der Waals surface area contributed by atoms with Crippen molar-refractivity contribution in [3.05, 3.63) is 29.8 Å². The Morgan fingerprint density at radius 3 is 2.45 bits per heavy atom. The molecular weight excluding hydrogens is 280 g/mol. The molecule has 1 spiro atoms. The number of benzene rings is 1. The third kappa shape index (κ3) is 2.30. The Balaban J connectivity index is 1.76. The first-order valence-corrected chi connectivity index (χ1v) is 8.20. The first-order chi connectivity index (χ1) is 10.7.